The maximum Gasteiger partial charge on any atom is 0.341 e. The fourth-order valence-corrected chi connectivity index (χ4v) is 6.41. The molecule has 0 saturated carbocycles. The summed E-state index contributed by atoms with van der Waals surface area (Å²) in [6, 6.07) is 8.12. The minimum Gasteiger partial charge on any atom is -0.462 e. The van der Waals surface area contributed by atoms with Crippen molar-refractivity contribution in [2.45, 2.75) is 32.5 Å². The molecule has 9 nitrogen and oxygen atoms in total. The van der Waals surface area contributed by atoms with Gasteiger partial charge in [-0.05, 0) is 32.4 Å². The van der Waals surface area contributed by atoms with Crippen LogP contribution in [-0.2, 0) is 16.1 Å². The number of rotatable bonds is 9. The van der Waals surface area contributed by atoms with Crippen LogP contribution in [0.4, 0.5) is 5.00 Å². The molecule has 0 atom stereocenters. The molecule has 0 saturated heterocycles. The molecule has 182 valence electrons. The quantitative estimate of drug-likeness (QED) is 0.240. The van der Waals surface area contributed by atoms with Gasteiger partial charge in [-0.2, -0.15) is 0 Å². The van der Waals surface area contributed by atoms with E-state index in [1.807, 2.05) is 23.6 Å². The predicted octanol–water partition coefficient (Wildman–Crippen LogP) is 4.56. The van der Waals surface area contributed by atoms with Crippen LogP contribution in [0.1, 0.15) is 39.4 Å². The first-order valence-electron chi connectivity index (χ1n) is 10.8. The van der Waals surface area contributed by atoms with E-state index in [4.69, 9.17) is 10.5 Å². The highest BCUT2D eigenvalue weighted by Crippen LogP contribution is 2.35. The van der Waals surface area contributed by atoms with Gasteiger partial charge in [-0.3, -0.25) is 9.59 Å². The van der Waals surface area contributed by atoms with Gasteiger partial charge in [-0.15, -0.1) is 32.9 Å². The number of thiophene rings is 2. The van der Waals surface area contributed by atoms with Gasteiger partial charge >= 0.3 is 5.97 Å². The van der Waals surface area contributed by atoms with Gasteiger partial charge in [0, 0.05) is 27.6 Å². The van der Waals surface area contributed by atoms with Crippen LogP contribution >= 0.6 is 34.4 Å². The molecule has 3 aromatic heterocycles. The number of nitrogens with zero attached hydrogens (tertiary/aromatic N) is 3. The van der Waals surface area contributed by atoms with Gasteiger partial charge in [0.1, 0.15) is 5.00 Å². The van der Waals surface area contributed by atoms with Crippen molar-refractivity contribution >= 4 is 67.3 Å². The summed E-state index contributed by atoms with van der Waals surface area (Å²) in [4.78, 5) is 37.2. The van der Waals surface area contributed by atoms with Gasteiger partial charge in [0.2, 0.25) is 5.91 Å². The number of primary amides is 1. The highest BCUT2D eigenvalue weighted by Gasteiger charge is 2.26. The molecule has 0 bridgehead atoms. The fraction of sp³-hybridized carbons (Fsp3) is 0.261. The molecule has 0 fully saturated rings. The monoisotopic (exact) mass is 529 g/mol. The number of hydrogen-bond acceptors (Lipinski definition) is 9. The Morgan fingerprint density at radius 1 is 1.20 bits per heavy atom. The second-order valence-electron chi connectivity index (χ2n) is 7.38. The smallest absolute Gasteiger partial charge is 0.341 e. The van der Waals surface area contributed by atoms with Crippen molar-refractivity contribution in [2.24, 2.45) is 5.73 Å². The second kappa shape index (κ2) is 10.6. The molecular weight excluding hydrogens is 506 g/mol. The number of nitrogens with two attached hydrogens (primary N) is 1. The SMILES string of the molecule is CCOC(=O)c1c(NC(=O)CSc2nnc(-c3csc4ccccc34)n2CC)sc(C(N)=O)c1C. The van der Waals surface area contributed by atoms with Gasteiger partial charge in [-0.1, -0.05) is 30.0 Å². The molecule has 0 spiro atoms. The maximum atomic E-state index is 12.8. The zero-order chi connectivity index (χ0) is 25.1. The molecule has 0 radical (unpaired) electrons. The van der Waals surface area contributed by atoms with Crippen molar-refractivity contribution in [3.8, 4) is 11.4 Å². The molecule has 3 N–H and O–H groups in total. The van der Waals surface area contributed by atoms with Crippen LogP contribution in [0, 0.1) is 6.92 Å². The topological polar surface area (TPSA) is 129 Å². The lowest BCUT2D eigenvalue weighted by Crippen LogP contribution is -2.17. The number of aromatic nitrogens is 3. The highest BCUT2D eigenvalue weighted by atomic mass is 32.2. The van der Waals surface area contributed by atoms with Crippen molar-refractivity contribution in [1.29, 1.82) is 0 Å². The van der Waals surface area contributed by atoms with E-state index in [1.165, 1.54) is 16.5 Å². The van der Waals surface area contributed by atoms with E-state index in [2.05, 4.69) is 33.0 Å². The highest BCUT2D eigenvalue weighted by molar-refractivity contribution is 7.99. The van der Waals surface area contributed by atoms with E-state index in [0.29, 0.717) is 17.3 Å². The number of thioether (sulfide) groups is 1. The molecule has 12 heteroatoms. The predicted molar refractivity (Wildman–Crippen MR) is 139 cm³/mol. The van der Waals surface area contributed by atoms with Crippen LogP contribution in [-0.4, -0.2) is 44.9 Å². The molecule has 0 unspecified atom stereocenters. The number of amides is 2. The summed E-state index contributed by atoms with van der Waals surface area (Å²) < 4.78 is 8.23. The zero-order valence-electron chi connectivity index (χ0n) is 19.3. The summed E-state index contributed by atoms with van der Waals surface area (Å²) in [6.45, 7) is 6.08. The van der Waals surface area contributed by atoms with Gasteiger partial charge in [0.15, 0.2) is 11.0 Å². The standard InChI is InChI=1S/C23H23N5O4S3/c1-4-28-20(14-10-33-15-9-7-6-8-13(14)15)26-27-23(28)34-11-16(29)25-21-17(22(31)32-5-2)12(3)18(35-21)19(24)30/h6-10H,4-5,11H2,1-3H3,(H2,24,30)(H,25,29). The molecule has 2 amide bonds. The average molecular weight is 530 g/mol. The number of benzene rings is 1. The Kier molecular flexibility index (Phi) is 7.53. The fourth-order valence-electron chi connectivity index (χ4n) is 3.61. The van der Waals surface area contributed by atoms with Crippen LogP contribution in [0.5, 0.6) is 0 Å². The summed E-state index contributed by atoms with van der Waals surface area (Å²) in [5, 5.41) is 15.4. The first-order valence-corrected chi connectivity index (χ1v) is 13.5. The molecule has 4 aromatic rings. The van der Waals surface area contributed by atoms with E-state index in [1.54, 1.807) is 25.2 Å². The number of carbonyl (C=O) groups excluding carboxylic acids is 3. The third-order valence-corrected chi connectivity index (χ3v) is 8.34. The number of ether oxygens (including phenoxy) is 1. The maximum absolute atomic E-state index is 12.8. The number of hydrogen-bond donors (Lipinski definition) is 2. The number of anilines is 1. The molecule has 1 aromatic carbocycles. The minimum absolute atomic E-state index is 0.0354. The Morgan fingerprint density at radius 3 is 2.69 bits per heavy atom. The Hall–Kier alpha value is -3.22. The third-order valence-electron chi connectivity index (χ3n) is 5.19. The molecule has 35 heavy (non-hydrogen) atoms. The van der Waals surface area contributed by atoms with E-state index >= 15 is 0 Å². The summed E-state index contributed by atoms with van der Waals surface area (Å²) >= 11 is 3.85. The molecule has 4 rings (SSSR count). The minimum atomic E-state index is -0.669. The number of esters is 1. The lowest BCUT2D eigenvalue weighted by Gasteiger charge is -2.08. The first-order chi connectivity index (χ1) is 16.8. The first kappa shape index (κ1) is 24.9. The van der Waals surface area contributed by atoms with E-state index in [-0.39, 0.29) is 33.7 Å². The molecule has 0 aliphatic rings. The van der Waals surface area contributed by atoms with Crippen molar-refractivity contribution in [3.63, 3.8) is 0 Å². The summed E-state index contributed by atoms with van der Waals surface area (Å²) in [6.07, 6.45) is 0. The lowest BCUT2D eigenvalue weighted by molar-refractivity contribution is -0.113. The Morgan fingerprint density at radius 2 is 1.97 bits per heavy atom. The van der Waals surface area contributed by atoms with E-state index in [0.717, 1.165) is 28.1 Å². The Bertz CT molecular complexity index is 1420. The van der Waals surface area contributed by atoms with Crippen molar-refractivity contribution in [1.82, 2.24) is 14.8 Å². The second-order valence-corrected chi connectivity index (χ2v) is 10.3. The van der Waals surface area contributed by atoms with Crippen LogP contribution in [0.3, 0.4) is 0 Å². The van der Waals surface area contributed by atoms with Crippen LogP contribution in [0.25, 0.3) is 21.5 Å². The Labute approximate surface area is 213 Å². The van der Waals surface area contributed by atoms with Crippen molar-refractivity contribution < 1.29 is 19.1 Å². The summed E-state index contributed by atoms with van der Waals surface area (Å²) in [5.41, 5.74) is 6.97. The molecule has 0 aliphatic carbocycles. The lowest BCUT2D eigenvalue weighted by atomic mass is 10.1. The Balaban J connectivity index is 1.53. The zero-order valence-corrected chi connectivity index (χ0v) is 21.7. The van der Waals surface area contributed by atoms with Crippen LogP contribution in [0.15, 0.2) is 34.8 Å². The third kappa shape index (κ3) is 4.95. The van der Waals surface area contributed by atoms with Crippen molar-refractivity contribution in [2.75, 3.05) is 17.7 Å². The average Bonchev–Trinajstić information content (AvgIpc) is 3.52. The largest absolute Gasteiger partial charge is 0.462 e. The summed E-state index contributed by atoms with van der Waals surface area (Å²) in [7, 11) is 0. The van der Waals surface area contributed by atoms with E-state index in [9.17, 15) is 14.4 Å². The van der Waals surface area contributed by atoms with Crippen LogP contribution < -0.4 is 11.1 Å². The van der Waals surface area contributed by atoms with Gasteiger partial charge < -0.3 is 20.4 Å². The van der Waals surface area contributed by atoms with Gasteiger partial charge in [0.05, 0.1) is 22.8 Å². The summed E-state index contributed by atoms with van der Waals surface area (Å²) in [5.74, 6) is -0.857. The molecule has 0 aliphatic heterocycles. The van der Waals surface area contributed by atoms with Gasteiger partial charge in [0.25, 0.3) is 5.91 Å². The number of nitrogens with one attached hydrogen (secondary N) is 1. The van der Waals surface area contributed by atoms with Gasteiger partial charge in [-0.25, -0.2) is 4.79 Å². The normalized spacial score (nSPS) is 11.1. The van der Waals surface area contributed by atoms with Crippen molar-refractivity contribution in [3.05, 3.63) is 45.6 Å². The van der Waals surface area contributed by atoms with E-state index < -0.39 is 11.9 Å². The van der Waals surface area contributed by atoms with Crippen LogP contribution in [0.2, 0.25) is 0 Å². The molecule has 3 heterocycles. The number of fused-ring (bicyclic) bond motifs is 1. The number of carbonyl (C=O) groups is 3. The molecular formula is C23H23N5O4S3.